The quantitative estimate of drug-likeness (QED) is 0.269. The number of nitrogens with zero attached hydrogens (tertiary/aromatic N) is 4. The summed E-state index contributed by atoms with van der Waals surface area (Å²) in [6.45, 7) is 4.65. The van der Waals surface area contributed by atoms with Crippen LogP contribution in [0.5, 0.6) is 0 Å². The number of thiophene rings is 1. The molecule has 5 rings (SSSR count). The zero-order chi connectivity index (χ0) is 22.1. The van der Waals surface area contributed by atoms with E-state index in [1.54, 1.807) is 11.3 Å². The van der Waals surface area contributed by atoms with Crippen molar-refractivity contribution in [3.63, 3.8) is 0 Å². The van der Waals surface area contributed by atoms with E-state index < -0.39 is 0 Å². The third-order valence-corrected chi connectivity index (χ3v) is 7.95. The predicted molar refractivity (Wildman–Crippen MR) is 129 cm³/mol. The Kier molecular flexibility index (Phi) is 6.15. The maximum Gasteiger partial charge on any atom is 0.263 e. The fourth-order valence-corrected chi connectivity index (χ4v) is 6.26. The molecule has 3 aromatic heterocycles. The average molecular weight is 467 g/mol. The van der Waals surface area contributed by atoms with Gasteiger partial charge in [-0.1, -0.05) is 55.9 Å². The molecule has 6 nitrogen and oxygen atoms in total. The Hall–Kier alpha value is -2.45. The van der Waals surface area contributed by atoms with E-state index in [-0.39, 0.29) is 11.5 Å². The van der Waals surface area contributed by atoms with E-state index in [1.165, 1.54) is 34.2 Å². The largest absolute Gasteiger partial charge is 0.424 e. The minimum absolute atomic E-state index is 0.0845. The third-order valence-electron chi connectivity index (χ3n) is 5.81. The molecule has 0 saturated carbocycles. The van der Waals surface area contributed by atoms with Crippen molar-refractivity contribution in [2.24, 2.45) is 0 Å². The first-order chi connectivity index (χ1) is 15.6. The standard InChI is InChI=1S/C24H26N4O2S2/c1-15(2)21-27-26-19(30-21)14-31-24-25-22-20(17-10-6-7-11-18(17)32-22)23(29)28(24)13-12-16-8-4-3-5-9-16/h3-5,8-9,15H,6-7,10-14H2,1-2H3. The molecule has 3 heterocycles. The lowest BCUT2D eigenvalue weighted by molar-refractivity contribution is 0.445. The van der Waals surface area contributed by atoms with Crippen molar-refractivity contribution in [2.45, 2.75) is 69.3 Å². The lowest BCUT2D eigenvalue weighted by Gasteiger charge is -2.13. The number of thioether (sulfide) groups is 1. The molecule has 1 aliphatic carbocycles. The molecule has 1 aliphatic rings. The molecule has 8 heteroatoms. The molecule has 0 atom stereocenters. The van der Waals surface area contributed by atoms with E-state index in [0.29, 0.717) is 24.1 Å². The number of hydrogen-bond acceptors (Lipinski definition) is 7. The van der Waals surface area contributed by atoms with E-state index in [9.17, 15) is 4.79 Å². The van der Waals surface area contributed by atoms with E-state index in [2.05, 4.69) is 22.3 Å². The van der Waals surface area contributed by atoms with Crippen LogP contribution in [-0.4, -0.2) is 19.7 Å². The fourth-order valence-electron chi connectivity index (χ4n) is 4.10. The zero-order valence-electron chi connectivity index (χ0n) is 18.3. The summed E-state index contributed by atoms with van der Waals surface area (Å²) in [5.74, 6) is 1.88. The zero-order valence-corrected chi connectivity index (χ0v) is 20.0. The number of aromatic nitrogens is 4. The SMILES string of the molecule is CC(C)c1nnc(CSc2nc3sc4c(c3c(=O)n2CCc2ccccc2)CCCC4)o1. The molecule has 1 aromatic carbocycles. The van der Waals surface area contributed by atoms with Gasteiger partial charge in [0.25, 0.3) is 5.56 Å². The van der Waals surface area contributed by atoms with Crippen molar-refractivity contribution < 1.29 is 4.42 Å². The van der Waals surface area contributed by atoms with Crippen molar-refractivity contribution in [1.29, 1.82) is 0 Å². The molecule has 0 spiro atoms. The smallest absolute Gasteiger partial charge is 0.263 e. The molecular formula is C24H26N4O2S2. The molecule has 32 heavy (non-hydrogen) atoms. The first kappa shape index (κ1) is 21.4. The Balaban J connectivity index is 1.50. The monoisotopic (exact) mass is 466 g/mol. The fraction of sp³-hybridized carbons (Fsp3) is 0.417. The van der Waals surface area contributed by atoms with E-state index in [4.69, 9.17) is 9.40 Å². The first-order valence-electron chi connectivity index (χ1n) is 11.1. The summed E-state index contributed by atoms with van der Waals surface area (Å²) in [5.41, 5.74) is 2.53. The topological polar surface area (TPSA) is 73.8 Å². The number of benzene rings is 1. The summed E-state index contributed by atoms with van der Waals surface area (Å²) in [5, 5.41) is 9.84. The lowest BCUT2D eigenvalue weighted by atomic mass is 9.97. The second-order valence-corrected chi connectivity index (χ2v) is 10.5. The van der Waals surface area contributed by atoms with Gasteiger partial charge < -0.3 is 4.42 Å². The third kappa shape index (κ3) is 4.26. The van der Waals surface area contributed by atoms with Crippen LogP contribution < -0.4 is 5.56 Å². The summed E-state index contributed by atoms with van der Waals surface area (Å²) < 4.78 is 7.61. The van der Waals surface area contributed by atoms with Crippen LogP contribution in [0.3, 0.4) is 0 Å². The van der Waals surface area contributed by atoms with Crippen LogP contribution in [0.25, 0.3) is 10.2 Å². The van der Waals surface area contributed by atoms with Crippen LogP contribution in [0.2, 0.25) is 0 Å². The van der Waals surface area contributed by atoms with Gasteiger partial charge >= 0.3 is 0 Å². The van der Waals surface area contributed by atoms with E-state index in [0.717, 1.165) is 41.1 Å². The average Bonchev–Trinajstić information content (AvgIpc) is 3.42. The maximum atomic E-state index is 13.7. The van der Waals surface area contributed by atoms with Gasteiger partial charge in [0, 0.05) is 17.3 Å². The molecule has 0 unspecified atom stereocenters. The Morgan fingerprint density at radius 1 is 1.16 bits per heavy atom. The molecule has 166 valence electrons. The maximum absolute atomic E-state index is 13.7. The summed E-state index contributed by atoms with van der Waals surface area (Å²) in [6.07, 6.45) is 5.17. The van der Waals surface area contributed by atoms with Gasteiger partial charge in [0.15, 0.2) is 5.16 Å². The van der Waals surface area contributed by atoms with E-state index >= 15 is 0 Å². The molecule has 0 N–H and O–H groups in total. The molecule has 0 radical (unpaired) electrons. The van der Waals surface area contributed by atoms with Crippen LogP contribution in [-0.2, 0) is 31.6 Å². The Morgan fingerprint density at radius 2 is 1.97 bits per heavy atom. The van der Waals surface area contributed by atoms with Crippen molar-refractivity contribution in [2.75, 3.05) is 0 Å². The predicted octanol–water partition coefficient (Wildman–Crippen LogP) is 5.38. The van der Waals surface area contributed by atoms with Crippen LogP contribution in [0, 0.1) is 0 Å². The number of aryl methyl sites for hydroxylation is 3. The molecule has 0 amide bonds. The lowest BCUT2D eigenvalue weighted by Crippen LogP contribution is -2.24. The van der Waals surface area contributed by atoms with Crippen molar-refractivity contribution in [3.05, 3.63) is 68.5 Å². The number of fused-ring (bicyclic) bond motifs is 3. The first-order valence-corrected chi connectivity index (χ1v) is 12.9. The van der Waals surface area contributed by atoms with Crippen molar-refractivity contribution in [3.8, 4) is 0 Å². The molecule has 4 aromatic rings. The highest BCUT2D eigenvalue weighted by molar-refractivity contribution is 7.98. The van der Waals surface area contributed by atoms with Crippen LogP contribution in [0.1, 0.15) is 60.4 Å². The van der Waals surface area contributed by atoms with Crippen molar-refractivity contribution in [1.82, 2.24) is 19.7 Å². The Bertz CT molecular complexity index is 1290. The van der Waals surface area contributed by atoms with Crippen LogP contribution in [0.15, 0.2) is 44.7 Å². The highest BCUT2D eigenvalue weighted by Crippen LogP contribution is 2.35. The van der Waals surface area contributed by atoms with Gasteiger partial charge in [-0.25, -0.2) is 4.98 Å². The molecule has 0 bridgehead atoms. The Morgan fingerprint density at radius 3 is 2.75 bits per heavy atom. The second kappa shape index (κ2) is 9.19. The van der Waals surface area contributed by atoms with Crippen LogP contribution in [0.4, 0.5) is 0 Å². The molecule has 0 saturated heterocycles. The second-order valence-electron chi connectivity index (χ2n) is 8.46. The molecular weight excluding hydrogens is 440 g/mol. The molecule has 0 aliphatic heterocycles. The minimum atomic E-state index is 0.0845. The number of rotatable bonds is 7. The summed E-state index contributed by atoms with van der Waals surface area (Å²) in [7, 11) is 0. The van der Waals surface area contributed by atoms with Crippen molar-refractivity contribution >= 4 is 33.3 Å². The summed E-state index contributed by atoms with van der Waals surface area (Å²) in [6, 6.07) is 10.3. The van der Waals surface area contributed by atoms with Crippen LogP contribution >= 0.6 is 23.1 Å². The van der Waals surface area contributed by atoms with Gasteiger partial charge in [-0.2, -0.15) is 0 Å². The Labute approximate surface area is 195 Å². The van der Waals surface area contributed by atoms with Gasteiger partial charge in [-0.15, -0.1) is 21.5 Å². The summed E-state index contributed by atoms with van der Waals surface area (Å²) in [4.78, 5) is 20.8. The number of hydrogen-bond donors (Lipinski definition) is 0. The summed E-state index contributed by atoms with van der Waals surface area (Å²) >= 11 is 3.19. The molecule has 0 fully saturated rings. The minimum Gasteiger partial charge on any atom is -0.424 e. The van der Waals surface area contributed by atoms with Gasteiger partial charge in [-0.3, -0.25) is 9.36 Å². The van der Waals surface area contributed by atoms with Gasteiger partial charge in [-0.05, 0) is 43.2 Å². The normalized spacial score (nSPS) is 13.7. The highest BCUT2D eigenvalue weighted by Gasteiger charge is 2.22. The highest BCUT2D eigenvalue weighted by atomic mass is 32.2. The van der Waals surface area contributed by atoms with Gasteiger partial charge in [0.1, 0.15) is 4.83 Å². The van der Waals surface area contributed by atoms with Gasteiger partial charge in [0.05, 0.1) is 11.1 Å². The van der Waals surface area contributed by atoms with Gasteiger partial charge in [0.2, 0.25) is 11.8 Å². The van der Waals surface area contributed by atoms with E-state index in [1.807, 2.05) is 36.6 Å².